The van der Waals surface area contributed by atoms with E-state index in [1.165, 1.54) is 4.88 Å². The van der Waals surface area contributed by atoms with Crippen molar-refractivity contribution in [2.24, 2.45) is 10.9 Å². The number of anilines is 1. The van der Waals surface area contributed by atoms with Crippen molar-refractivity contribution in [2.45, 2.75) is 13.8 Å². The molecule has 1 atom stereocenters. The number of fused-ring (bicyclic) bond motifs is 1. The van der Waals surface area contributed by atoms with Gasteiger partial charge in [-0.15, -0.1) is 11.3 Å². The third kappa shape index (κ3) is 3.67. The molecule has 0 unspecified atom stereocenters. The summed E-state index contributed by atoms with van der Waals surface area (Å²) >= 11 is 1.73. The van der Waals surface area contributed by atoms with Crippen molar-refractivity contribution in [1.29, 1.82) is 5.41 Å². The third-order valence-corrected chi connectivity index (χ3v) is 6.38. The number of aryl methyl sites for hydroxylation is 1. The Balaban J connectivity index is 1.56. The second kappa shape index (κ2) is 8.01. The van der Waals surface area contributed by atoms with Crippen LogP contribution in [-0.2, 0) is 0 Å². The molecule has 0 radical (unpaired) electrons. The van der Waals surface area contributed by atoms with Gasteiger partial charge in [0.1, 0.15) is 11.4 Å². The number of pyridine rings is 1. The van der Waals surface area contributed by atoms with E-state index in [4.69, 9.17) is 21.1 Å². The summed E-state index contributed by atoms with van der Waals surface area (Å²) in [7, 11) is 0. The van der Waals surface area contributed by atoms with Gasteiger partial charge in [0.2, 0.25) is 0 Å². The van der Waals surface area contributed by atoms with Gasteiger partial charge in [-0.05, 0) is 43.2 Å². The zero-order valence-corrected chi connectivity index (χ0v) is 18.6. The summed E-state index contributed by atoms with van der Waals surface area (Å²) in [6.07, 6.45) is 7.68. The minimum Gasteiger partial charge on any atom is -0.397 e. The van der Waals surface area contributed by atoms with Crippen LogP contribution in [0.5, 0.6) is 0 Å². The summed E-state index contributed by atoms with van der Waals surface area (Å²) in [5.41, 5.74) is 11.6. The topological polar surface area (TPSA) is 104 Å². The van der Waals surface area contributed by atoms with Crippen molar-refractivity contribution in [3.05, 3.63) is 82.9 Å². The van der Waals surface area contributed by atoms with Crippen LogP contribution in [0.3, 0.4) is 0 Å². The smallest absolute Gasteiger partial charge is 0.158 e. The van der Waals surface area contributed by atoms with Crippen molar-refractivity contribution in [3.8, 4) is 10.4 Å². The highest BCUT2D eigenvalue weighted by atomic mass is 32.1. The number of nitrogens with one attached hydrogen (secondary N) is 2. The molecule has 0 saturated heterocycles. The summed E-state index contributed by atoms with van der Waals surface area (Å²) in [5.74, 6) is 0.681. The lowest BCUT2D eigenvalue weighted by molar-refractivity contribution is 0.941. The van der Waals surface area contributed by atoms with Gasteiger partial charge in [-0.3, -0.25) is 10.4 Å². The summed E-state index contributed by atoms with van der Waals surface area (Å²) < 4.78 is 0. The highest BCUT2D eigenvalue weighted by Gasteiger charge is 2.18. The molecule has 5 rings (SSSR count). The fourth-order valence-corrected chi connectivity index (χ4v) is 4.61. The first kappa shape index (κ1) is 20.1. The van der Waals surface area contributed by atoms with Crippen LogP contribution in [0.25, 0.3) is 27.0 Å². The number of nitrogen functional groups attached to an aromatic ring is 1. The Morgan fingerprint density at radius 2 is 2.00 bits per heavy atom. The van der Waals surface area contributed by atoms with Crippen molar-refractivity contribution in [1.82, 2.24) is 15.0 Å². The van der Waals surface area contributed by atoms with E-state index in [1.54, 1.807) is 29.8 Å². The van der Waals surface area contributed by atoms with Gasteiger partial charge >= 0.3 is 0 Å². The molecule has 3 aromatic heterocycles. The number of allylic oxidation sites excluding steroid dienone is 3. The van der Waals surface area contributed by atoms with E-state index in [9.17, 15) is 0 Å². The van der Waals surface area contributed by atoms with Gasteiger partial charge < -0.3 is 10.7 Å². The first-order chi connectivity index (χ1) is 15.5. The van der Waals surface area contributed by atoms with Crippen molar-refractivity contribution >= 4 is 45.6 Å². The molecule has 4 N–H and O–H groups in total. The molecule has 4 aromatic rings. The molecule has 0 amide bonds. The van der Waals surface area contributed by atoms with Gasteiger partial charge in [-0.1, -0.05) is 31.2 Å². The highest BCUT2D eigenvalue weighted by Crippen LogP contribution is 2.33. The number of aliphatic imine (C=N–C) groups is 1. The Bertz CT molecular complexity index is 1440. The van der Waals surface area contributed by atoms with Crippen LogP contribution in [0.15, 0.2) is 65.8 Å². The predicted molar refractivity (Wildman–Crippen MR) is 133 cm³/mol. The largest absolute Gasteiger partial charge is 0.397 e. The van der Waals surface area contributed by atoms with E-state index in [2.05, 4.69) is 48.1 Å². The lowest BCUT2D eigenvalue weighted by Crippen LogP contribution is -2.11. The quantitative estimate of drug-likeness (QED) is 0.361. The minimum atomic E-state index is 0.159. The number of benzene rings is 1. The molecule has 1 aliphatic rings. The van der Waals surface area contributed by atoms with E-state index in [0.717, 1.165) is 32.7 Å². The molecule has 158 valence electrons. The molecule has 32 heavy (non-hydrogen) atoms. The Hall–Kier alpha value is -3.84. The van der Waals surface area contributed by atoms with E-state index in [1.807, 2.05) is 24.3 Å². The van der Waals surface area contributed by atoms with Gasteiger partial charge in [0.15, 0.2) is 5.82 Å². The average Bonchev–Trinajstić information content (AvgIpc) is 3.35. The zero-order valence-electron chi connectivity index (χ0n) is 17.8. The van der Waals surface area contributed by atoms with Crippen LogP contribution in [-0.4, -0.2) is 26.9 Å². The summed E-state index contributed by atoms with van der Waals surface area (Å²) in [6, 6.07) is 13.9. The molecule has 0 saturated carbocycles. The number of aromatic amines is 1. The lowest BCUT2D eigenvalue weighted by atomic mass is 10.0. The van der Waals surface area contributed by atoms with E-state index >= 15 is 0 Å². The molecule has 6 nitrogen and oxygen atoms in total. The maximum Gasteiger partial charge on any atom is 0.158 e. The predicted octanol–water partition coefficient (Wildman–Crippen LogP) is 5.61. The number of rotatable bonds is 4. The van der Waals surface area contributed by atoms with Crippen LogP contribution in [0.2, 0.25) is 0 Å². The average molecular weight is 439 g/mol. The number of para-hydroxylation sites is 1. The monoisotopic (exact) mass is 438 g/mol. The number of nitrogens with two attached hydrogens (primary N) is 1. The second-order valence-electron chi connectivity index (χ2n) is 7.81. The van der Waals surface area contributed by atoms with Crippen LogP contribution >= 0.6 is 11.3 Å². The first-order valence-corrected chi connectivity index (χ1v) is 11.1. The number of aromatic nitrogens is 3. The second-order valence-corrected chi connectivity index (χ2v) is 9.10. The molecule has 1 aromatic carbocycles. The molecule has 4 heterocycles. The molecule has 0 spiro atoms. The first-order valence-electron chi connectivity index (χ1n) is 10.3. The van der Waals surface area contributed by atoms with E-state index in [-0.39, 0.29) is 11.6 Å². The molecule has 0 fully saturated rings. The third-order valence-electron chi connectivity index (χ3n) is 5.35. The van der Waals surface area contributed by atoms with Crippen LogP contribution < -0.4 is 5.73 Å². The summed E-state index contributed by atoms with van der Waals surface area (Å²) in [4.78, 5) is 19.4. The number of thiophene rings is 1. The van der Waals surface area contributed by atoms with Gasteiger partial charge in [-0.25, -0.2) is 9.97 Å². The van der Waals surface area contributed by atoms with E-state index in [0.29, 0.717) is 17.2 Å². The number of imidazole rings is 1. The van der Waals surface area contributed by atoms with Crippen molar-refractivity contribution in [2.75, 3.05) is 5.73 Å². The Morgan fingerprint density at radius 1 is 1.12 bits per heavy atom. The molecular weight excluding hydrogens is 416 g/mol. The molecule has 0 bridgehead atoms. The summed E-state index contributed by atoms with van der Waals surface area (Å²) in [6.45, 7) is 4.18. The Morgan fingerprint density at radius 3 is 2.81 bits per heavy atom. The normalized spacial score (nSPS) is 15.7. The highest BCUT2D eigenvalue weighted by molar-refractivity contribution is 7.15. The molecule has 0 aliphatic carbocycles. The van der Waals surface area contributed by atoms with Gasteiger partial charge in [0.05, 0.1) is 22.4 Å². The van der Waals surface area contributed by atoms with Crippen molar-refractivity contribution < 1.29 is 0 Å². The van der Waals surface area contributed by atoms with Crippen LogP contribution in [0.4, 0.5) is 5.69 Å². The minimum absolute atomic E-state index is 0.159. The zero-order chi connectivity index (χ0) is 22.2. The Kier molecular flexibility index (Phi) is 5.03. The van der Waals surface area contributed by atoms with Gasteiger partial charge in [0.25, 0.3) is 0 Å². The SMILES string of the molecule is Cc1ccc(-c2cccc3[nH]c(C(=N)c4nc(C5=C[C@@H](C)C=CN=C5)ccc4N)nc23)s1. The standard InChI is InChI=1S/C25H22N6S/c1-14-10-11-28-13-16(12-14)19-8-7-18(26)24(29-19)22(27)25-30-20-5-3-4-17(23(20)31-25)21-9-6-15(2)32-21/h3-14,27H,26H2,1-2H3,(H,30,31)/t14-/m0/s1. The number of hydrogen-bond acceptors (Lipinski definition) is 6. The number of hydrogen-bond donors (Lipinski definition) is 3. The number of H-pyrrole nitrogens is 1. The number of nitrogens with zero attached hydrogens (tertiary/aromatic N) is 3. The van der Waals surface area contributed by atoms with Gasteiger partial charge in [0, 0.05) is 33.3 Å². The Labute approximate surface area is 189 Å². The molecule has 1 aliphatic heterocycles. The maximum absolute atomic E-state index is 8.82. The maximum atomic E-state index is 8.82. The molecule has 7 heteroatoms. The molecular formula is C25H22N6S. The fraction of sp³-hybridized carbons (Fsp3) is 0.120. The van der Waals surface area contributed by atoms with Gasteiger partial charge in [-0.2, -0.15) is 0 Å². The lowest BCUT2D eigenvalue weighted by Gasteiger charge is -2.09. The van der Waals surface area contributed by atoms with Crippen molar-refractivity contribution in [3.63, 3.8) is 0 Å². The van der Waals surface area contributed by atoms with E-state index < -0.39 is 0 Å². The van der Waals surface area contributed by atoms with Crippen LogP contribution in [0, 0.1) is 18.3 Å². The summed E-state index contributed by atoms with van der Waals surface area (Å²) in [5, 5.41) is 8.82. The van der Waals surface area contributed by atoms with Crippen LogP contribution in [0.1, 0.15) is 29.0 Å². The fourth-order valence-electron chi connectivity index (χ4n) is 3.71.